The predicted octanol–water partition coefficient (Wildman–Crippen LogP) is 4.30. The van der Waals surface area contributed by atoms with Crippen LogP contribution in [0.25, 0.3) is 0 Å². The van der Waals surface area contributed by atoms with Crippen LogP contribution in [0.3, 0.4) is 0 Å². The second-order valence-electron chi connectivity index (χ2n) is 8.24. The highest BCUT2D eigenvalue weighted by molar-refractivity contribution is 5.97. The van der Waals surface area contributed by atoms with E-state index in [1.807, 2.05) is 35.2 Å². The second-order valence-corrected chi connectivity index (χ2v) is 8.24. The number of nitrogens with zero attached hydrogens (tertiary/aromatic N) is 1. The van der Waals surface area contributed by atoms with Crippen molar-refractivity contribution in [2.75, 3.05) is 42.1 Å². The Kier molecular flexibility index (Phi) is 7.33. The normalized spacial score (nSPS) is 14.5. The van der Waals surface area contributed by atoms with Crippen LogP contribution in [-0.2, 0) is 11.2 Å². The van der Waals surface area contributed by atoms with Gasteiger partial charge in [-0.25, -0.2) is 4.79 Å². The van der Waals surface area contributed by atoms with E-state index in [0.717, 1.165) is 16.7 Å². The predicted molar refractivity (Wildman–Crippen MR) is 133 cm³/mol. The Morgan fingerprint density at radius 1 is 0.722 bits per heavy atom. The van der Waals surface area contributed by atoms with Crippen molar-refractivity contribution in [2.45, 2.75) is 12.5 Å². The molecular weight excluding hydrogens is 462 g/mol. The minimum Gasteiger partial charge on any atom is -0.493 e. The number of methoxy groups -OCH3 is 5. The van der Waals surface area contributed by atoms with Gasteiger partial charge in [-0.05, 0) is 71.6 Å². The average molecular weight is 492 g/mol. The van der Waals surface area contributed by atoms with Crippen LogP contribution in [0.5, 0.6) is 23.0 Å². The molecule has 4 rings (SSSR count). The highest BCUT2D eigenvalue weighted by Gasteiger charge is 2.34. The van der Waals surface area contributed by atoms with Crippen LogP contribution in [0, 0.1) is 0 Å². The number of benzene rings is 3. The number of fused-ring (bicyclic) bond motifs is 1. The van der Waals surface area contributed by atoms with Gasteiger partial charge in [0.15, 0.2) is 23.0 Å². The molecule has 0 saturated heterocycles. The maximum atomic E-state index is 13.8. The Balaban J connectivity index is 1.83. The maximum absolute atomic E-state index is 13.8. The van der Waals surface area contributed by atoms with E-state index >= 15 is 0 Å². The number of hydrogen-bond donors (Lipinski definition) is 0. The van der Waals surface area contributed by atoms with Gasteiger partial charge in [0.2, 0.25) is 0 Å². The number of rotatable bonds is 7. The van der Waals surface area contributed by atoms with Gasteiger partial charge in [-0.3, -0.25) is 4.79 Å². The zero-order chi connectivity index (χ0) is 25.8. The third-order valence-electron chi connectivity index (χ3n) is 6.41. The summed E-state index contributed by atoms with van der Waals surface area (Å²) in [4.78, 5) is 27.5. The van der Waals surface area contributed by atoms with Crippen molar-refractivity contribution in [3.05, 3.63) is 82.4 Å². The van der Waals surface area contributed by atoms with E-state index in [2.05, 4.69) is 0 Å². The highest BCUT2D eigenvalue weighted by atomic mass is 16.5. The van der Waals surface area contributed by atoms with Gasteiger partial charge < -0.3 is 28.6 Å². The maximum Gasteiger partial charge on any atom is 0.337 e. The fourth-order valence-electron chi connectivity index (χ4n) is 4.58. The van der Waals surface area contributed by atoms with Gasteiger partial charge in [-0.2, -0.15) is 0 Å². The number of carbonyl (C=O) groups excluding carboxylic acids is 2. The summed E-state index contributed by atoms with van der Waals surface area (Å²) in [6.45, 7) is 0.485. The highest BCUT2D eigenvalue weighted by Crippen LogP contribution is 2.43. The standard InChI is InChI=1S/C28H29NO7/c1-32-22-11-10-20(15-23(22)33-2)26-21-16-25(35-4)24(34-3)14-19(21)12-13-29(26)27(30)17-6-8-18(9-7-17)28(31)36-5/h6-11,14-16,26H,12-13H2,1-5H3/t26-/m1/s1. The lowest BCUT2D eigenvalue weighted by Crippen LogP contribution is -2.40. The van der Waals surface area contributed by atoms with Gasteiger partial charge in [-0.15, -0.1) is 0 Å². The molecule has 0 bridgehead atoms. The van der Waals surface area contributed by atoms with Crippen molar-refractivity contribution >= 4 is 11.9 Å². The van der Waals surface area contributed by atoms with Gasteiger partial charge in [0.25, 0.3) is 5.91 Å². The lowest BCUT2D eigenvalue weighted by Gasteiger charge is -2.38. The lowest BCUT2D eigenvalue weighted by molar-refractivity contribution is 0.0599. The average Bonchev–Trinajstić information content (AvgIpc) is 2.94. The quantitative estimate of drug-likeness (QED) is 0.456. The van der Waals surface area contributed by atoms with E-state index in [1.165, 1.54) is 7.11 Å². The Morgan fingerprint density at radius 2 is 1.31 bits per heavy atom. The Labute approximate surface area is 210 Å². The Morgan fingerprint density at radius 3 is 1.92 bits per heavy atom. The summed E-state index contributed by atoms with van der Waals surface area (Å²) >= 11 is 0. The SMILES string of the molecule is COC(=O)c1ccc(C(=O)N2CCc3cc(OC)c(OC)cc3[C@H]2c2ccc(OC)c(OC)c2)cc1. The number of esters is 1. The molecule has 1 heterocycles. The van der Waals surface area contributed by atoms with Crippen molar-refractivity contribution in [1.82, 2.24) is 4.90 Å². The van der Waals surface area contributed by atoms with E-state index in [4.69, 9.17) is 23.7 Å². The minimum absolute atomic E-state index is 0.161. The molecule has 188 valence electrons. The van der Waals surface area contributed by atoms with E-state index < -0.39 is 12.0 Å². The molecule has 0 saturated carbocycles. The fraction of sp³-hybridized carbons (Fsp3) is 0.286. The third kappa shape index (κ3) is 4.54. The molecule has 1 aliphatic rings. The molecule has 1 amide bonds. The van der Waals surface area contributed by atoms with Crippen LogP contribution >= 0.6 is 0 Å². The zero-order valence-electron chi connectivity index (χ0n) is 21.0. The smallest absolute Gasteiger partial charge is 0.337 e. The van der Waals surface area contributed by atoms with Crippen molar-refractivity contribution in [3.63, 3.8) is 0 Å². The molecule has 0 aromatic heterocycles. The number of amides is 1. The van der Waals surface area contributed by atoms with Gasteiger partial charge in [0.05, 0.1) is 47.2 Å². The molecule has 0 spiro atoms. The molecule has 0 N–H and O–H groups in total. The molecule has 1 atom stereocenters. The molecule has 1 aliphatic heterocycles. The minimum atomic E-state index is -0.454. The summed E-state index contributed by atoms with van der Waals surface area (Å²) in [5, 5.41) is 0. The van der Waals surface area contributed by atoms with E-state index in [1.54, 1.807) is 52.7 Å². The first-order chi connectivity index (χ1) is 17.4. The van der Waals surface area contributed by atoms with Crippen LogP contribution in [0.1, 0.15) is 43.4 Å². The van der Waals surface area contributed by atoms with Crippen molar-refractivity contribution in [3.8, 4) is 23.0 Å². The van der Waals surface area contributed by atoms with E-state index in [9.17, 15) is 9.59 Å². The monoisotopic (exact) mass is 491 g/mol. The Bertz CT molecular complexity index is 1270. The Hall–Kier alpha value is -4.20. The number of ether oxygens (including phenoxy) is 5. The fourth-order valence-corrected chi connectivity index (χ4v) is 4.58. The zero-order valence-corrected chi connectivity index (χ0v) is 21.0. The van der Waals surface area contributed by atoms with Crippen LogP contribution in [0.4, 0.5) is 0 Å². The number of carbonyl (C=O) groups is 2. The summed E-state index contributed by atoms with van der Waals surface area (Å²) < 4.78 is 26.8. The molecule has 36 heavy (non-hydrogen) atoms. The van der Waals surface area contributed by atoms with Crippen molar-refractivity contribution in [1.29, 1.82) is 0 Å². The first kappa shape index (κ1) is 24.9. The van der Waals surface area contributed by atoms with Crippen LogP contribution in [0.15, 0.2) is 54.6 Å². The molecule has 0 radical (unpaired) electrons. The van der Waals surface area contributed by atoms with Gasteiger partial charge in [0, 0.05) is 12.1 Å². The van der Waals surface area contributed by atoms with Gasteiger partial charge >= 0.3 is 5.97 Å². The second kappa shape index (κ2) is 10.6. The number of hydrogen-bond acceptors (Lipinski definition) is 7. The summed E-state index contributed by atoms with van der Waals surface area (Å²) in [6.07, 6.45) is 0.644. The summed E-state index contributed by atoms with van der Waals surface area (Å²) in [6, 6.07) is 15.6. The molecule has 3 aromatic rings. The molecule has 0 unspecified atom stereocenters. The summed E-state index contributed by atoms with van der Waals surface area (Å²) in [5.41, 5.74) is 3.71. The third-order valence-corrected chi connectivity index (χ3v) is 6.41. The molecule has 8 heteroatoms. The molecule has 3 aromatic carbocycles. The topological polar surface area (TPSA) is 83.5 Å². The van der Waals surface area contributed by atoms with Crippen LogP contribution in [0.2, 0.25) is 0 Å². The molecule has 8 nitrogen and oxygen atoms in total. The molecule has 0 aliphatic carbocycles. The van der Waals surface area contributed by atoms with Crippen molar-refractivity contribution < 1.29 is 33.3 Å². The molecule has 0 fully saturated rings. The van der Waals surface area contributed by atoms with Gasteiger partial charge in [0.1, 0.15) is 0 Å². The van der Waals surface area contributed by atoms with Gasteiger partial charge in [-0.1, -0.05) is 6.07 Å². The van der Waals surface area contributed by atoms with E-state index in [0.29, 0.717) is 47.1 Å². The lowest BCUT2D eigenvalue weighted by atomic mass is 9.87. The van der Waals surface area contributed by atoms with Crippen molar-refractivity contribution in [2.24, 2.45) is 0 Å². The largest absolute Gasteiger partial charge is 0.493 e. The van der Waals surface area contributed by atoms with Crippen LogP contribution in [-0.4, -0.2) is 58.9 Å². The first-order valence-electron chi connectivity index (χ1n) is 11.4. The summed E-state index contributed by atoms with van der Waals surface area (Å²) in [5.74, 6) is 1.77. The van der Waals surface area contributed by atoms with E-state index in [-0.39, 0.29) is 5.91 Å². The first-order valence-corrected chi connectivity index (χ1v) is 11.4. The molecular formula is C28H29NO7. The summed E-state index contributed by atoms with van der Waals surface area (Å²) in [7, 11) is 7.68. The van der Waals surface area contributed by atoms with Crippen LogP contribution < -0.4 is 18.9 Å².